The molecule has 28 heavy (non-hydrogen) atoms. The van der Waals surface area contributed by atoms with Crippen molar-refractivity contribution in [1.29, 1.82) is 0 Å². The molecule has 2 heterocycles. The average Bonchev–Trinajstić information content (AvgIpc) is 2.93. The average molecular weight is 446 g/mol. The highest BCUT2D eigenvalue weighted by molar-refractivity contribution is 9.10. The number of rotatable bonds is 7. The minimum absolute atomic E-state index is 0.175. The van der Waals surface area contributed by atoms with Crippen LogP contribution in [0.3, 0.4) is 0 Å². The second-order valence-corrected chi connectivity index (χ2v) is 7.86. The zero-order chi connectivity index (χ0) is 19.5. The largest absolute Gasteiger partial charge is 0.356 e. The molecule has 2 aromatic heterocycles. The molecule has 8 heteroatoms. The van der Waals surface area contributed by atoms with Gasteiger partial charge in [0.1, 0.15) is 11.5 Å². The number of aryl methyl sites for hydroxylation is 1. The van der Waals surface area contributed by atoms with Gasteiger partial charge >= 0.3 is 0 Å². The highest BCUT2D eigenvalue weighted by Gasteiger charge is 2.24. The van der Waals surface area contributed by atoms with E-state index in [9.17, 15) is 9.18 Å². The lowest BCUT2D eigenvalue weighted by Gasteiger charge is -2.24. The number of hydrogen-bond acceptors (Lipinski definition) is 4. The van der Waals surface area contributed by atoms with Gasteiger partial charge in [0.2, 0.25) is 11.9 Å². The number of anilines is 2. The third-order valence-electron chi connectivity index (χ3n) is 5.00. The van der Waals surface area contributed by atoms with Crippen LogP contribution in [-0.4, -0.2) is 27.0 Å². The molecule has 0 bridgehead atoms. The zero-order valence-corrected chi connectivity index (χ0v) is 16.9. The van der Waals surface area contributed by atoms with Crippen LogP contribution in [0.25, 0.3) is 11.0 Å². The number of carbonyl (C=O) groups excluding carboxylic acids is 1. The summed E-state index contributed by atoms with van der Waals surface area (Å²) in [4.78, 5) is 20.8. The van der Waals surface area contributed by atoms with Gasteiger partial charge in [-0.15, -0.1) is 0 Å². The molecule has 1 fully saturated rings. The molecule has 0 radical (unpaired) electrons. The van der Waals surface area contributed by atoms with Gasteiger partial charge in [-0.1, -0.05) is 12.5 Å². The molecular formula is C20H21BrFN5O. The van der Waals surface area contributed by atoms with E-state index in [0.717, 1.165) is 47.7 Å². The van der Waals surface area contributed by atoms with E-state index in [0.29, 0.717) is 18.2 Å². The van der Waals surface area contributed by atoms with Crippen LogP contribution in [0.2, 0.25) is 0 Å². The van der Waals surface area contributed by atoms with E-state index in [1.807, 2.05) is 10.8 Å². The second-order valence-electron chi connectivity index (χ2n) is 7.01. The lowest BCUT2D eigenvalue weighted by molar-refractivity contribution is -0.127. The molecule has 0 saturated heterocycles. The fourth-order valence-corrected chi connectivity index (χ4v) is 3.76. The quantitative estimate of drug-likeness (QED) is 0.529. The molecule has 1 aliphatic carbocycles. The van der Waals surface area contributed by atoms with Crippen LogP contribution in [0.1, 0.15) is 25.7 Å². The van der Waals surface area contributed by atoms with Crippen LogP contribution < -0.4 is 10.6 Å². The lowest BCUT2D eigenvalue weighted by atomic mass is 9.85. The van der Waals surface area contributed by atoms with E-state index < -0.39 is 0 Å². The Hall–Kier alpha value is -2.48. The van der Waals surface area contributed by atoms with Crippen molar-refractivity contribution in [2.24, 2.45) is 5.92 Å². The summed E-state index contributed by atoms with van der Waals surface area (Å²) >= 11 is 3.55. The second kappa shape index (κ2) is 8.26. The summed E-state index contributed by atoms with van der Waals surface area (Å²) in [5.74, 6) is 0.476. The first-order valence-electron chi connectivity index (χ1n) is 9.42. The fraction of sp³-hybridized carbons (Fsp3) is 0.350. The molecule has 1 aliphatic rings. The van der Waals surface area contributed by atoms with Crippen LogP contribution >= 0.6 is 15.9 Å². The van der Waals surface area contributed by atoms with Gasteiger partial charge in [-0.3, -0.25) is 4.79 Å². The van der Waals surface area contributed by atoms with Crippen molar-refractivity contribution in [2.45, 2.75) is 32.2 Å². The fourth-order valence-electron chi connectivity index (χ4n) is 3.23. The van der Waals surface area contributed by atoms with Gasteiger partial charge in [0, 0.05) is 41.6 Å². The molecule has 146 valence electrons. The Labute approximate surface area is 170 Å². The number of carbonyl (C=O) groups is 1. The van der Waals surface area contributed by atoms with E-state index >= 15 is 0 Å². The standard InChI is InChI=1S/C20H21BrFN5O/c21-17-12-27(9-3-8-23-19(28)13-4-1-5-13)18-16(17)11-24-20(26-18)25-15-7-2-6-14(22)10-15/h2,6-7,10-13H,1,3-5,8-9H2,(H,23,28)(H,24,25,26). The van der Waals surface area contributed by atoms with Gasteiger partial charge in [-0.05, 0) is 53.4 Å². The molecule has 1 amide bonds. The van der Waals surface area contributed by atoms with E-state index in [1.54, 1.807) is 18.3 Å². The maximum Gasteiger partial charge on any atom is 0.229 e. The highest BCUT2D eigenvalue weighted by Crippen LogP contribution is 2.27. The molecule has 0 atom stereocenters. The Morgan fingerprint density at radius 2 is 2.21 bits per heavy atom. The van der Waals surface area contributed by atoms with Crippen molar-refractivity contribution in [3.63, 3.8) is 0 Å². The van der Waals surface area contributed by atoms with Crippen molar-refractivity contribution in [3.05, 3.63) is 46.9 Å². The Kier molecular flexibility index (Phi) is 5.57. The molecule has 0 aliphatic heterocycles. The number of nitrogens with one attached hydrogen (secondary N) is 2. The number of halogens is 2. The lowest BCUT2D eigenvalue weighted by Crippen LogP contribution is -2.35. The number of benzene rings is 1. The summed E-state index contributed by atoms with van der Waals surface area (Å²) in [6, 6.07) is 6.18. The van der Waals surface area contributed by atoms with E-state index in [2.05, 4.69) is 36.5 Å². The minimum atomic E-state index is -0.318. The van der Waals surface area contributed by atoms with E-state index in [1.165, 1.54) is 12.1 Å². The van der Waals surface area contributed by atoms with Gasteiger partial charge in [-0.25, -0.2) is 9.37 Å². The van der Waals surface area contributed by atoms with Crippen LogP contribution in [0.15, 0.2) is 41.1 Å². The number of nitrogens with zero attached hydrogens (tertiary/aromatic N) is 3. The first kappa shape index (κ1) is 18.9. The van der Waals surface area contributed by atoms with Gasteiger partial charge in [0.15, 0.2) is 0 Å². The van der Waals surface area contributed by atoms with Crippen LogP contribution in [-0.2, 0) is 11.3 Å². The Balaban J connectivity index is 1.43. The maximum atomic E-state index is 13.4. The van der Waals surface area contributed by atoms with Crippen LogP contribution in [0, 0.1) is 11.7 Å². The highest BCUT2D eigenvalue weighted by atomic mass is 79.9. The van der Waals surface area contributed by atoms with Gasteiger partial charge in [0.25, 0.3) is 0 Å². The summed E-state index contributed by atoms with van der Waals surface area (Å²) in [6.07, 6.45) is 7.71. The predicted molar refractivity (Wildman–Crippen MR) is 110 cm³/mol. The summed E-state index contributed by atoms with van der Waals surface area (Å²) < 4.78 is 16.3. The van der Waals surface area contributed by atoms with Gasteiger partial charge < -0.3 is 15.2 Å². The normalized spacial score (nSPS) is 14.1. The maximum absolute atomic E-state index is 13.4. The molecule has 0 unspecified atom stereocenters. The molecule has 1 saturated carbocycles. The first-order chi connectivity index (χ1) is 13.6. The smallest absolute Gasteiger partial charge is 0.229 e. The Morgan fingerprint density at radius 3 is 2.96 bits per heavy atom. The molecule has 3 aromatic rings. The van der Waals surface area contributed by atoms with Crippen LogP contribution in [0.5, 0.6) is 0 Å². The zero-order valence-electron chi connectivity index (χ0n) is 15.3. The van der Waals surface area contributed by atoms with E-state index in [-0.39, 0.29) is 17.6 Å². The van der Waals surface area contributed by atoms with Crippen molar-refractivity contribution in [3.8, 4) is 0 Å². The number of amides is 1. The SMILES string of the molecule is O=C(NCCCn1cc(Br)c2cnc(Nc3cccc(F)c3)nc21)C1CCC1. The number of aromatic nitrogens is 3. The molecule has 0 spiro atoms. The minimum Gasteiger partial charge on any atom is -0.356 e. The third-order valence-corrected chi connectivity index (χ3v) is 5.63. The molecule has 4 rings (SSSR count). The number of fused-ring (bicyclic) bond motifs is 1. The topological polar surface area (TPSA) is 71.8 Å². The molecule has 2 N–H and O–H groups in total. The Morgan fingerprint density at radius 1 is 1.36 bits per heavy atom. The molecular weight excluding hydrogens is 425 g/mol. The van der Waals surface area contributed by atoms with Crippen LogP contribution in [0.4, 0.5) is 16.0 Å². The number of hydrogen-bond donors (Lipinski definition) is 2. The van der Waals surface area contributed by atoms with Crippen molar-refractivity contribution >= 4 is 44.5 Å². The van der Waals surface area contributed by atoms with Crippen molar-refractivity contribution < 1.29 is 9.18 Å². The van der Waals surface area contributed by atoms with E-state index in [4.69, 9.17) is 0 Å². The summed E-state index contributed by atoms with van der Waals surface area (Å²) in [5, 5.41) is 6.95. The first-order valence-corrected chi connectivity index (χ1v) is 10.2. The van der Waals surface area contributed by atoms with Gasteiger partial charge in [-0.2, -0.15) is 4.98 Å². The van der Waals surface area contributed by atoms with Crippen molar-refractivity contribution in [1.82, 2.24) is 19.9 Å². The third kappa shape index (κ3) is 4.16. The predicted octanol–water partition coefficient (Wildman–Crippen LogP) is 4.38. The Bertz CT molecular complexity index is 1000. The monoisotopic (exact) mass is 445 g/mol. The summed E-state index contributed by atoms with van der Waals surface area (Å²) in [6.45, 7) is 1.37. The molecule has 6 nitrogen and oxygen atoms in total. The summed E-state index contributed by atoms with van der Waals surface area (Å²) in [7, 11) is 0. The van der Waals surface area contributed by atoms with Crippen molar-refractivity contribution in [2.75, 3.05) is 11.9 Å². The summed E-state index contributed by atoms with van der Waals surface area (Å²) in [5.41, 5.74) is 1.38. The molecule has 1 aromatic carbocycles. The van der Waals surface area contributed by atoms with Gasteiger partial charge in [0.05, 0.1) is 5.39 Å².